The van der Waals surface area contributed by atoms with Crippen molar-refractivity contribution in [1.82, 2.24) is 14.9 Å². The fraction of sp³-hybridized carbons (Fsp3) is 0.318. The number of nitrogens with one attached hydrogen (secondary N) is 1. The maximum atomic E-state index is 10.6. The summed E-state index contributed by atoms with van der Waals surface area (Å²) in [6, 6.07) is 14.1. The third kappa shape index (κ3) is 10.3. The normalized spacial score (nSPS) is 14.1. The number of morpholine rings is 1. The lowest BCUT2D eigenvalue weighted by Gasteiger charge is -2.26. The number of carboxylic acids is 2. The molecule has 0 radical (unpaired) electrons. The Morgan fingerprint density at radius 1 is 0.919 bits per heavy atom. The van der Waals surface area contributed by atoms with Crippen molar-refractivity contribution in [3.63, 3.8) is 0 Å². The van der Waals surface area contributed by atoms with E-state index in [2.05, 4.69) is 27.0 Å². The largest absolute Gasteiger partial charge is 0.490 e. The van der Waals surface area contributed by atoms with Crippen molar-refractivity contribution >= 4 is 23.0 Å². The number of rotatable bonds is 4. The number of carbonyl (C=O) groups is 2. The summed E-state index contributed by atoms with van der Waals surface area (Å²) in [5.74, 6) is -3.88. The van der Waals surface area contributed by atoms with Crippen LogP contribution in [0.5, 0.6) is 11.5 Å². The summed E-state index contributed by atoms with van der Waals surface area (Å²) in [6.07, 6.45) is -8.48. The van der Waals surface area contributed by atoms with Crippen molar-refractivity contribution in [3.05, 3.63) is 54.4 Å². The Labute approximate surface area is 205 Å². The molecule has 0 aliphatic carbocycles. The maximum absolute atomic E-state index is 10.6. The fourth-order valence-electron chi connectivity index (χ4n) is 2.79. The SMILES string of the molecule is O=C(O)C(F)(F)F.O=C(O)C(F)(F)F.c1nc2cc(Oc3ccc(CN4CCOCC4)cc3)ccc2[nH]1. The van der Waals surface area contributed by atoms with Crippen LogP contribution in [0.25, 0.3) is 11.0 Å². The van der Waals surface area contributed by atoms with Crippen molar-refractivity contribution in [2.75, 3.05) is 26.3 Å². The molecule has 0 unspecified atom stereocenters. The van der Waals surface area contributed by atoms with Crippen molar-refractivity contribution < 1.29 is 55.6 Å². The molecule has 0 bridgehead atoms. The minimum Gasteiger partial charge on any atom is -0.475 e. The van der Waals surface area contributed by atoms with Gasteiger partial charge in [0.25, 0.3) is 0 Å². The quantitative estimate of drug-likeness (QED) is 0.417. The van der Waals surface area contributed by atoms with Gasteiger partial charge in [0, 0.05) is 25.7 Å². The van der Waals surface area contributed by atoms with Gasteiger partial charge in [-0.25, -0.2) is 14.6 Å². The number of carboxylic acid groups (broad SMARTS) is 2. The van der Waals surface area contributed by atoms with Crippen molar-refractivity contribution in [3.8, 4) is 11.5 Å². The standard InChI is InChI=1S/C18H19N3O2.2C2HF3O2/c1-3-15(4-2-14(1)12-21-7-9-22-10-8-21)23-16-5-6-17-18(11-16)20-13-19-17;2*3-2(4,5)1(6)7/h1-6,11,13H,7-10,12H2,(H,19,20);2*(H,6,7). The first-order chi connectivity index (χ1) is 17.3. The van der Waals surface area contributed by atoms with Gasteiger partial charge in [0.05, 0.1) is 30.6 Å². The third-order valence-electron chi connectivity index (χ3n) is 4.55. The van der Waals surface area contributed by atoms with Gasteiger partial charge < -0.3 is 24.7 Å². The first kappa shape index (κ1) is 29.4. The van der Waals surface area contributed by atoms with Gasteiger partial charge in [-0.2, -0.15) is 26.3 Å². The van der Waals surface area contributed by atoms with Crippen LogP contribution in [0, 0.1) is 0 Å². The monoisotopic (exact) mass is 537 g/mol. The van der Waals surface area contributed by atoms with Crippen LogP contribution in [0.2, 0.25) is 0 Å². The number of nitrogens with zero attached hydrogens (tertiary/aromatic N) is 2. The molecule has 0 amide bonds. The van der Waals surface area contributed by atoms with E-state index in [9.17, 15) is 26.3 Å². The third-order valence-corrected chi connectivity index (χ3v) is 4.55. The highest BCUT2D eigenvalue weighted by molar-refractivity contribution is 5.76. The van der Waals surface area contributed by atoms with Crippen LogP contribution in [0.3, 0.4) is 0 Å². The maximum Gasteiger partial charge on any atom is 0.490 e. The Kier molecular flexibility index (Phi) is 10.3. The van der Waals surface area contributed by atoms with Gasteiger partial charge in [0.15, 0.2) is 0 Å². The first-order valence-electron chi connectivity index (χ1n) is 10.4. The van der Waals surface area contributed by atoms with Crippen LogP contribution < -0.4 is 4.74 Å². The second-order valence-corrected chi connectivity index (χ2v) is 7.32. The number of ether oxygens (including phenoxy) is 2. The first-order valence-corrected chi connectivity index (χ1v) is 10.4. The van der Waals surface area contributed by atoms with Crippen molar-refractivity contribution in [2.45, 2.75) is 18.9 Å². The van der Waals surface area contributed by atoms with Crippen molar-refractivity contribution in [2.24, 2.45) is 0 Å². The summed E-state index contributed by atoms with van der Waals surface area (Å²) >= 11 is 0. The Morgan fingerprint density at radius 3 is 1.95 bits per heavy atom. The van der Waals surface area contributed by atoms with Gasteiger partial charge in [-0.3, -0.25) is 4.90 Å². The molecule has 1 saturated heterocycles. The number of alkyl halides is 6. The number of hydrogen-bond acceptors (Lipinski definition) is 6. The lowest BCUT2D eigenvalue weighted by molar-refractivity contribution is -0.193. The number of H-pyrrole nitrogens is 1. The van der Waals surface area contributed by atoms with Gasteiger partial charge >= 0.3 is 24.3 Å². The molecule has 1 aliphatic rings. The number of aliphatic carboxylic acids is 2. The highest BCUT2D eigenvalue weighted by atomic mass is 19.4. The Hall–Kier alpha value is -3.85. The minimum absolute atomic E-state index is 0.797. The number of fused-ring (bicyclic) bond motifs is 1. The summed E-state index contributed by atoms with van der Waals surface area (Å²) in [7, 11) is 0. The van der Waals surface area contributed by atoms with E-state index in [-0.39, 0.29) is 0 Å². The Morgan fingerprint density at radius 2 is 1.43 bits per heavy atom. The molecule has 0 atom stereocenters. The predicted molar refractivity (Wildman–Crippen MR) is 116 cm³/mol. The van der Waals surface area contributed by atoms with Gasteiger partial charge in [-0.1, -0.05) is 12.1 Å². The zero-order valence-corrected chi connectivity index (χ0v) is 18.8. The Bertz CT molecular complexity index is 1130. The van der Waals surface area contributed by atoms with Crippen LogP contribution in [0.1, 0.15) is 5.56 Å². The zero-order valence-electron chi connectivity index (χ0n) is 18.8. The van der Waals surface area contributed by atoms with Gasteiger partial charge in [-0.15, -0.1) is 0 Å². The molecule has 9 nitrogen and oxygen atoms in total. The van der Waals surface area contributed by atoms with E-state index >= 15 is 0 Å². The molecular weight excluding hydrogens is 516 g/mol. The summed E-state index contributed by atoms with van der Waals surface area (Å²) < 4.78 is 74.8. The average Bonchev–Trinajstić information content (AvgIpc) is 3.29. The molecule has 202 valence electrons. The van der Waals surface area contributed by atoms with Crippen LogP contribution in [-0.4, -0.2) is 75.7 Å². The topological polar surface area (TPSA) is 125 Å². The van der Waals surface area contributed by atoms with E-state index in [1.807, 2.05) is 30.3 Å². The van der Waals surface area contributed by atoms with Crippen LogP contribution in [-0.2, 0) is 20.9 Å². The molecule has 0 saturated carbocycles. The molecule has 1 aliphatic heterocycles. The van der Waals surface area contributed by atoms with E-state index in [1.54, 1.807) is 6.33 Å². The molecule has 15 heteroatoms. The molecule has 1 fully saturated rings. The molecule has 37 heavy (non-hydrogen) atoms. The zero-order chi connectivity index (χ0) is 27.6. The van der Waals surface area contributed by atoms with E-state index in [0.29, 0.717) is 0 Å². The molecule has 3 N–H and O–H groups in total. The molecule has 1 aromatic heterocycles. The van der Waals surface area contributed by atoms with Gasteiger partial charge in [0.1, 0.15) is 11.5 Å². The predicted octanol–water partition coefficient (Wildman–Crippen LogP) is 4.45. The second-order valence-electron chi connectivity index (χ2n) is 7.32. The summed E-state index contributed by atoms with van der Waals surface area (Å²) in [4.78, 5) is 27.5. The highest BCUT2D eigenvalue weighted by Crippen LogP contribution is 2.25. The number of halogens is 6. The molecular formula is C22H21F6N3O6. The average molecular weight is 537 g/mol. The smallest absolute Gasteiger partial charge is 0.475 e. The minimum atomic E-state index is -5.08. The van der Waals surface area contributed by atoms with Crippen LogP contribution in [0.4, 0.5) is 26.3 Å². The molecule has 3 aromatic rings. The number of aromatic amines is 1. The molecule has 2 heterocycles. The fourth-order valence-corrected chi connectivity index (χ4v) is 2.79. The number of hydrogen-bond donors (Lipinski definition) is 3. The second kappa shape index (κ2) is 12.9. The van der Waals surface area contributed by atoms with E-state index in [0.717, 1.165) is 55.4 Å². The number of aromatic nitrogens is 2. The number of benzene rings is 2. The van der Waals surface area contributed by atoms with E-state index in [1.165, 1.54) is 5.56 Å². The lowest BCUT2D eigenvalue weighted by Crippen LogP contribution is -2.35. The lowest BCUT2D eigenvalue weighted by atomic mass is 10.2. The van der Waals surface area contributed by atoms with Crippen molar-refractivity contribution in [1.29, 1.82) is 0 Å². The van der Waals surface area contributed by atoms with E-state index in [4.69, 9.17) is 29.3 Å². The molecule has 4 rings (SSSR count). The summed E-state index contributed by atoms with van der Waals surface area (Å²) in [5.41, 5.74) is 3.21. The molecule has 2 aromatic carbocycles. The highest BCUT2D eigenvalue weighted by Gasteiger charge is 2.38. The summed E-state index contributed by atoms with van der Waals surface area (Å²) in [6.45, 7) is 4.63. The number of imidazole rings is 1. The van der Waals surface area contributed by atoms with Crippen LogP contribution in [0.15, 0.2) is 48.8 Å². The summed E-state index contributed by atoms with van der Waals surface area (Å²) in [5, 5.41) is 14.2. The van der Waals surface area contributed by atoms with Crippen LogP contribution >= 0.6 is 0 Å². The molecule has 0 spiro atoms. The van der Waals surface area contributed by atoms with Gasteiger partial charge in [-0.05, 0) is 29.8 Å². The van der Waals surface area contributed by atoms with Gasteiger partial charge in [0.2, 0.25) is 0 Å². The Balaban J connectivity index is 0.000000286. The van der Waals surface area contributed by atoms with E-state index < -0.39 is 24.3 Å².